The molecule has 1 atom stereocenters. The summed E-state index contributed by atoms with van der Waals surface area (Å²) in [6, 6.07) is 1.82. The molecule has 0 bridgehead atoms. The Hall–Kier alpha value is -1.36. The average Bonchev–Trinajstić information content (AvgIpc) is 3.05. The number of nitrogens with one attached hydrogen (secondary N) is 2. The Labute approximate surface area is 101 Å². The van der Waals surface area contributed by atoms with E-state index in [0.29, 0.717) is 11.8 Å². The second kappa shape index (κ2) is 4.87. The molecule has 5 heteroatoms. The summed E-state index contributed by atoms with van der Waals surface area (Å²) in [5.74, 6) is 2.18. The molecule has 5 nitrogen and oxygen atoms in total. The predicted octanol–water partition coefficient (Wildman–Crippen LogP) is 1.04. The first-order valence-electron chi connectivity index (χ1n) is 6.34. The maximum absolute atomic E-state index is 5.78. The molecule has 1 saturated carbocycles. The van der Waals surface area contributed by atoms with Crippen LogP contribution in [0.25, 0.3) is 0 Å². The molecule has 17 heavy (non-hydrogen) atoms. The van der Waals surface area contributed by atoms with Crippen LogP contribution < -0.4 is 15.4 Å². The van der Waals surface area contributed by atoms with Crippen LogP contribution in [-0.2, 0) is 0 Å². The fourth-order valence-corrected chi connectivity index (χ4v) is 1.95. The third-order valence-electron chi connectivity index (χ3n) is 3.18. The second-order valence-corrected chi connectivity index (χ2v) is 4.78. The second-order valence-electron chi connectivity index (χ2n) is 4.78. The standard InChI is InChI=1S/C12H18N4O/c1-2-9(1)7-15-12-14-6-4-11(16-12)17-10-3-5-13-8-10/h4,6,9-10,13H,1-3,5,7-8H2,(H,14,15,16). The zero-order valence-electron chi connectivity index (χ0n) is 9.85. The average molecular weight is 234 g/mol. The van der Waals surface area contributed by atoms with Gasteiger partial charge in [0, 0.05) is 25.4 Å². The van der Waals surface area contributed by atoms with E-state index in [1.807, 2.05) is 6.07 Å². The molecule has 1 aromatic heterocycles. The van der Waals surface area contributed by atoms with Gasteiger partial charge in [-0.15, -0.1) is 0 Å². The van der Waals surface area contributed by atoms with Gasteiger partial charge < -0.3 is 15.4 Å². The van der Waals surface area contributed by atoms with Gasteiger partial charge in [0.05, 0.1) is 0 Å². The summed E-state index contributed by atoms with van der Waals surface area (Å²) in [5.41, 5.74) is 0. The van der Waals surface area contributed by atoms with Gasteiger partial charge in [0.15, 0.2) is 0 Å². The van der Waals surface area contributed by atoms with Gasteiger partial charge in [0.1, 0.15) is 6.10 Å². The highest BCUT2D eigenvalue weighted by Gasteiger charge is 2.21. The van der Waals surface area contributed by atoms with E-state index in [-0.39, 0.29) is 6.10 Å². The van der Waals surface area contributed by atoms with Crippen molar-refractivity contribution in [2.45, 2.75) is 25.4 Å². The molecule has 2 aliphatic rings. The number of aromatic nitrogens is 2. The molecule has 1 saturated heterocycles. The molecule has 0 aromatic carbocycles. The normalized spacial score (nSPS) is 23.6. The first-order chi connectivity index (χ1) is 8.40. The van der Waals surface area contributed by atoms with E-state index >= 15 is 0 Å². The third kappa shape index (κ3) is 3.06. The van der Waals surface area contributed by atoms with Crippen LogP contribution in [0, 0.1) is 5.92 Å². The van der Waals surface area contributed by atoms with Crippen LogP contribution in [0.2, 0.25) is 0 Å². The molecule has 1 unspecified atom stereocenters. The summed E-state index contributed by atoms with van der Waals surface area (Å²) in [6.45, 7) is 2.92. The van der Waals surface area contributed by atoms with Crippen molar-refractivity contribution in [3.63, 3.8) is 0 Å². The van der Waals surface area contributed by atoms with Crippen LogP contribution in [0.5, 0.6) is 5.88 Å². The van der Waals surface area contributed by atoms with Crippen molar-refractivity contribution in [1.82, 2.24) is 15.3 Å². The number of rotatable bonds is 5. The van der Waals surface area contributed by atoms with Crippen molar-refractivity contribution >= 4 is 5.95 Å². The molecule has 2 N–H and O–H groups in total. The van der Waals surface area contributed by atoms with Crippen molar-refractivity contribution < 1.29 is 4.74 Å². The summed E-state index contributed by atoms with van der Waals surface area (Å²) in [4.78, 5) is 8.56. The zero-order chi connectivity index (χ0) is 11.5. The summed E-state index contributed by atoms with van der Waals surface area (Å²) in [7, 11) is 0. The van der Waals surface area contributed by atoms with Gasteiger partial charge in [-0.1, -0.05) is 0 Å². The van der Waals surface area contributed by atoms with Crippen LogP contribution in [0.15, 0.2) is 12.3 Å². The molecule has 92 valence electrons. The smallest absolute Gasteiger partial charge is 0.225 e. The van der Waals surface area contributed by atoms with E-state index in [1.54, 1.807) is 6.20 Å². The number of ether oxygens (including phenoxy) is 1. The number of hydrogen-bond acceptors (Lipinski definition) is 5. The first-order valence-corrected chi connectivity index (χ1v) is 6.34. The Balaban J connectivity index is 1.56. The molecule has 0 radical (unpaired) electrons. The van der Waals surface area contributed by atoms with Gasteiger partial charge in [-0.3, -0.25) is 0 Å². The minimum Gasteiger partial charge on any atom is -0.473 e. The Morgan fingerprint density at radius 1 is 1.41 bits per heavy atom. The van der Waals surface area contributed by atoms with Gasteiger partial charge in [0.2, 0.25) is 11.8 Å². The molecule has 0 spiro atoms. The lowest BCUT2D eigenvalue weighted by atomic mass is 10.3. The summed E-state index contributed by atoms with van der Waals surface area (Å²) in [5, 5.41) is 6.53. The Kier molecular flexibility index (Phi) is 3.09. The number of anilines is 1. The van der Waals surface area contributed by atoms with E-state index in [2.05, 4.69) is 20.6 Å². The largest absolute Gasteiger partial charge is 0.473 e. The molecular formula is C12H18N4O. The van der Waals surface area contributed by atoms with Gasteiger partial charge >= 0.3 is 0 Å². The highest BCUT2D eigenvalue weighted by Crippen LogP contribution is 2.28. The monoisotopic (exact) mass is 234 g/mol. The van der Waals surface area contributed by atoms with Crippen LogP contribution >= 0.6 is 0 Å². The minimum absolute atomic E-state index is 0.251. The van der Waals surface area contributed by atoms with Crippen LogP contribution in [0.1, 0.15) is 19.3 Å². The zero-order valence-corrected chi connectivity index (χ0v) is 9.85. The van der Waals surface area contributed by atoms with Crippen molar-refractivity contribution in [2.24, 2.45) is 5.92 Å². The quantitative estimate of drug-likeness (QED) is 0.797. The lowest BCUT2D eigenvalue weighted by Gasteiger charge is -2.12. The Morgan fingerprint density at radius 3 is 3.12 bits per heavy atom. The van der Waals surface area contributed by atoms with E-state index in [0.717, 1.165) is 32.0 Å². The molecule has 1 aliphatic carbocycles. The van der Waals surface area contributed by atoms with Crippen LogP contribution in [0.3, 0.4) is 0 Å². The molecule has 1 aliphatic heterocycles. The highest BCUT2D eigenvalue weighted by atomic mass is 16.5. The Bertz CT molecular complexity index is 375. The lowest BCUT2D eigenvalue weighted by Crippen LogP contribution is -2.20. The highest BCUT2D eigenvalue weighted by molar-refractivity contribution is 5.27. The molecule has 2 fully saturated rings. The number of hydrogen-bond donors (Lipinski definition) is 2. The van der Waals surface area contributed by atoms with Crippen molar-refractivity contribution in [3.8, 4) is 5.88 Å². The molecule has 1 aromatic rings. The first kappa shape index (κ1) is 10.8. The van der Waals surface area contributed by atoms with E-state index in [9.17, 15) is 0 Å². The maximum atomic E-state index is 5.78. The predicted molar refractivity (Wildman–Crippen MR) is 65.1 cm³/mol. The maximum Gasteiger partial charge on any atom is 0.225 e. The van der Waals surface area contributed by atoms with Gasteiger partial charge in [-0.2, -0.15) is 4.98 Å². The fourth-order valence-electron chi connectivity index (χ4n) is 1.95. The molecule has 2 heterocycles. The van der Waals surface area contributed by atoms with Gasteiger partial charge in [0.25, 0.3) is 0 Å². The SMILES string of the molecule is c1cc(OC2CCNC2)nc(NCC2CC2)n1. The number of nitrogens with zero attached hydrogens (tertiary/aromatic N) is 2. The van der Waals surface area contributed by atoms with E-state index < -0.39 is 0 Å². The third-order valence-corrected chi connectivity index (χ3v) is 3.18. The van der Waals surface area contributed by atoms with Crippen LogP contribution in [-0.4, -0.2) is 35.7 Å². The lowest BCUT2D eigenvalue weighted by molar-refractivity contribution is 0.214. The van der Waals surface area contributed by atoms with E-state index in [4.69, 9.17) is 4.74 Å². The fraction of sp³-hybridized carbons (Fsp3) is 0.667. The van der Waals surface area contributed by atoms with Crippen molar-refractivity contribution in [3.05, 3.63) is 12.3 Å². The van der Waals surface area contributed by atoms with Crippen molar-refractivity contribution in [2.75, 3.05) is 25.0 Å². The van der Waals surface area contributed by atoms with Gasteiger partial charge in [-0.25, -0.2) is 4.98 Å². The summed E-state index contributed by atoms with van der Waals surface area (Å²) >= 11 is 0. The molecule has 3 rings (SSSR count). The molecular weight excluding hydrogens is 216 g/mol. The topological polar surface area (TPSA) is 59.1 Å². The van der Waals surface area contributed by atoms with Crippen molar-refractivity contribution in [1.29, 1.82) is 0 Å². The minimum atomic E-state index is 0.251. The Morgan fingerprint density at radius 2 is 2.35 bits per heavy atom. The summed E-state index contributed by atoms with van der Waals surface area (Å²) in [6.07, 6.45) is 5.71. The van der Waals surface area contributed by atoms with Crippen LogP contribution in [0.4, 0.5) is 5.95 Å². The molecule has 0 amide bonds. The summed E-state index contributed by atoms with van der Waals surface area (Å²) < 4.78 is 5.78. The van der Waals surface area contributed by atoms with Gasteiger partial charge in [-0.05, 0) is 31.7 Å². The van der Waals surface area contributed by atoms with E-state index in [1.165, 1.54) is 12.8 Å².